The minimum Gasteiger partial charge on any atom is -0.324 e. The Morgan fingerprint density at radius 3 is 2.60 bits per heavy atom. The largest absolute Gasteiger partial charge is 0.324 e. The van der Waals surface area contributed by atoms with E-state index in [4.69, 9.17) is 0 Å². The molecular weight excluding hydrogens is 462 g/mol. The number of nitrogens with one attached hydrogen (secondary N) is 1. The van der Waals surface area contributed by atoms with E-state index < -0.39 is 16.1 Å². The molecule has 0 saturated carbocycles. The first kappa shape index (κ1) is 23.5. The Morgan fingerprint density at radius 2 is 1.86 bits per heavy atom. The van der Waals surface area contributed by atoms with E-state index in [2.05, 4.69) is 12.2 Å². The number of carbonyl (C=O) groups is 2. The highest BCUT2D eigenvalue weighted by atomic mass is 32.2. The van der Waals surface area contributed by atoms with Crippen molar-refractivity contribution >= 4 is 44.0 Å². The van der Waals surface area contributed by atoms with Gasteiger partial charge in [-0.15, -0.1) is 0 Å². The Balaban J connectivity index is 1.44. The fourth-order valence-corrected chi connectivity index (χ4v) is 6.70. The third kappa shape index (κ3) is 4.00. The first-order chi connectivity index (χ1) is 16.8. The van der Waals surface area contributed by atoms with Crippen molar-refractivity contribution in [2.24, 2.45) is 0 Å². The van der Waals surface area contributed by atoms with Gasteiger partial charge in [-0.1, -0.05) is 43.2 Å². The van der Waals surface area contributed by atoms with Crippen molar-refractivity contribution in [3.8, 4) is 0 Å². The fraction of sp³-hybridized carbons (Fsp3) is 0.333. The predicted molar refractivity (Wildman–Crippen MR) is 137 cm³/mol. The molecule has 3 aromatic carbocycles. The van der Waals surface area contributed by atoms with E-state index in [9.17, 15) is 18.0 Å². The molecule has 2 aliphatic rings. The summed E-state index contributed by atoms with van der Waals surface area (Å²) in [5.41, 5.74) is 3.05. The van der Waals surface area contributed by atoms with E-state index in [1.54, 1.807) is 29.2 Å². The van der Waals surface area contributed by atoms with Crippen molar-refractivity contribution in [2.75, 3.05) is 23.3 Å². The molecule has 0 spiro atoms. The van der Waals surface area contributed by atoms with Crippen LogP contribution < -0.4 is 10.2 Å². The molecule has 5 rings (SSSR count). The number of aryl methyl sites for hydroxylation is 1. The number of benzene rings is 3. The standard InChI is InChI=1S/C27H29N3O4S/c1-3-4-16-29-23-15-14-22(20-7-5-8-21(25(20)23)27(29)32)28-26(31)24-9-6-17-30(24)35(33,34)19-12-10-18(2)11-13-19/h5,7-8,10-15,24H,3-4,6,9,16-17H2,1-2H3,(H,28,31)/t24-/m0/s1. The van der Waals surface area contributed by atoms with Crippen LogP contribution in [0.25, 0.3) is 10.8 Å². The van der Waals surface area contributed by atoms with E-state index in [-0.39, 0.29) is 16.7 Å². The number of carbonyl (C=O) groups excluding carboxylic acids is 2. The number of amides is 2. The second-order valence-electron chi connectivity index (χ2n) is 9.25. The van der Waals surface area contributed by atoms with Gasteiger partial charge in [-0.2, -0.15) is 4.31 Å². The summed E-state index contributed by atoms with van der Waals surface area (Å²) in [6, 6.07) is 15.1. The predicted octanol–water partition coefficient (Wildman–Crippen LogP) is 4.70. The summed E-state index contributed by atoms with van der Waals surface area (Å²) >= 11 is 0. The van der Waals surface area contributed by atoms with Gasteiger partial charge in [0.1, 0.15) is 6.04 Å². The fourth-order valence-electron chi connectivity index (χ4n) is 5.04. The van der Waals surface area contributed by atoms with E-state index >= 15 is 0 Å². The van der Waals surface area contributed by atoms with Crippen LogP contribution in [0.15, 0.2) is 59.5 Å². The molecule has 35 heavy (non-hydrogen) atoms. The van der Waals surface area contributed by atoms with Gasteiger partial charge in [0.2, 0.25) is 15.9 Å². The molecule has 0 aromatic heterocycles. The molecule has 3 aromatic rings. The third-order valence-electron chi connectivity index (χ3n) is 6.91. The molecule has 8 heteroatoms. The molecule has 1 N–H and O–H groups in total. The quantitative estimate of drug-likeness (QED) is 0.519. The smallest absolute Gasteiger partial charge is 0.258 e. The summed E-state index contributed by atoms with van der Waals surface area (Å²) in [5.74, 6) is -0.375. The Kier molecular flexibility index (Phi) is 6.11. The van der Waals surface area contributed by atoms with Crippen molar-refractivity contribution in [2.45, 2.75) is 50.5 Å². The minimum atomic E-state index is -3.79. The van der Waals surface area contributed by atoms with Gasteiger partial charge in [-0.05, 0) is 56.5 Å². The normalized spacial score (nSPS) is 17.9. The molecule has 0 aliphatic carbocycles. The first-order valence-electron chi connectivity index (χ1n) is 12.1. The topological polar surface area (TPSA) is 86.8 Å². The lowest BCUT2D eigenvalue weighted by atomic mass is 10.0. The first-order valence-corrected chi connectivity index (χ1v) is 13.5. The van der Waals surface area contributed by atoms with Gasteiger partial charge in [0.05, 0.1) is 10.6 Å². The lowest BCUT2D eigenvalue weighted by Gasteiger charge is -2.24. The molecule has 2 heterocycles. The summed E-state index contributed by atoms with van der Waals surface area (Å²) in [7, 11) is -3.79. The molecule has 182 valence electrons. The zero-order valence-corrected chi connectivity index (χ0v) is 20.8. The van der Waals surface area contributed by atoms with E-state index in [0.717, 1.165) is 34.9 Å². The van der Waals surface area contributed by atoms with Gasteiger partial charge in [0, 0.05) is 35.1 Å². The van der Waals surface area contributed by atoms with Gasteiger partial charge in [-0.3, -0.25) is 9.59 Å². The molecule has 0 radical (unpaired) electrons. The van der Waals surface area contributed by atoms with E-state index in [0.29, 0.717) is 37.2 Å². The van der Waals surface area contributed by atoms with Crippen LogP contribution >= 0.6 is 0 Å². The average Bonchev–Trinajstić information content (AvgIpc) is 3.45. The molecule has 0 unspecified atom stereocenters. The van der Waals surface area contributed by atoms with Crippen LogP contribution in [0, 0.1) is 6.92 Å². The van der Waals surface area contributed by atoms with Crippen molar-refractivity contribution in [1.29, 1.82) is 0 Å². The number of rotatable bonds is 7. The third-order valence-corrected chi connectivity index (χ3v) is 8.83. The highest BCUT2D eigenvalue weighted by Gasteiger charge is 2.40. The van der Waals surface area contributed by atoms with Crippen LogP contribution in [0.1, 0.15) is 48.5 Å². The lowest BCUT2D eigenvalue weighted by molar-refractivity contribution is -0.119. The van der Waals surface area contributed by atoms with Gasteiger partial charge in [0.15, 0.2) is 0 Å². The lowest BCUT2D eigenvalue weighted by Crippen LogP contribution is -2.43. The summed E-state index contributed by atoms with van der Waals surface area (Å²) in [6.45, 7) is 4.95. The number of nitrogens with zero attached hydrogens (tertiary/aromatic N) is 2. The van der Waals surface area contributed by atoms with Crippen LogP contribution in [0.4, 0.5) is 11.4 Å². The van der Waals surface area contributed by atoms with Gasteiger partial charge in [0.25, 0.3) is 5.91 Å². The molecule has 1 fully saturated rings. The molecular formula is C27H29N3O4S. The van der Waals surface area contributed by atoms with Crippen molar-refractivity contribution in [3.05, 3.63) is 65.7 Å². The van der Waals surface area contributed by atoms with Crippen LogP contribution in [0.2, 0.25) is 0 Å². The molecule has 0 bridgehead atoms. The summed E-state index contributed by atoms with van der Waals surface area (Å²) in [4.78, 5) is 28.4. The number of sulfonamides is 1. The second kappa shape index (κ2) is 9.09. The summed E-state index contributed by atoms with van der Waals surface area (Å²) < 4.78 is 27.9. The Morgan fingerprint density at radius 1 is 1.09 bits per heavy atom. The van der Waals surface area contributed by atoms with Gasteiger partial charge >= 0.3 is 0 Å². The van der Waals surface area contributed by atoms with E-state index in [1.165, 1.54) is 4.31 Å². The monoisotopic (exact) mass is 491 g/mol. The van der Waals surface area contributed by atoms with Crippen LogP contribution in [-0.4, -0.2) is 43.7 Å². The van der Waals surface area contributed by atoms with Gasteiger partial charge in [-0.25, -0.2) is 8.42 Å². The number of unbranched alkanes of at least 4 members (excludes halogenated alkanes) is 1. The maximum absolute atomic E-state index is 13.4. The Hall–Kier alpha value is -3.23. The number of hydrogen-bond donors (Lipinski definition) is 1. The number of hydrogen-bond acceptors (Lipinski definition) is 4. The average molecular weight is 492 g/mol. The Bertz CT molecular complexity index is 1420. The SMILES string of the molecule is CCCCN1C(=O)c2cccc3c(NC(=O)[C@@H]4CCCN4S(=O)(=O)c4ccc(C)cc4)ccc1c23. The molecule has 7 nitrogen and oxygen atoms in total. The second-order valence-corrected chi connectivity index (χ2v) is 11.1. The highest BCUT2D eigenvalue weighted by Crippen LogP contribution is 2.41. The zero-order chi connectivity index (χ0) is 24.7. The van der Waals surface area contributed by atoms with Crippen LogP contribution in [0.3, 0.4) is 0 Å². The summed E-state index contributed by atoms with van der Waals surface area (Å²) in [5, 5.41) is 4.59. The van der Waals surface area contributed by atoms with Gasteiger partial charge < -0.3 is 10.2 Å². The summed E-state index contributed by atoms with van der Waals surface area (Å²) in [6.07, 6.45) is 2.98. The maximum atomic E-state index is 13.4. The molecule has 1 saturated heterocycles. The highest BCUT2D eigenvalue weighted by molar-refractivity contribution is 7.89. The zero-order valence-electron chi connectivity index (χ0n) is 20.0. The molecule has 2 amide bonds. The molecule has 2 aliphatic heterocycles. The van der Waals surface area contributed by atoms with Crippen molar-refractivity contribution < 1.29 is 18.0 Å². The van der Waals surface area contributed by atoms with E-state index in [1.807, 2.05) is 37.3 Å². The van der Waals surface area contributed by atoms with Crippen molar-refractivity contribution in [1.82, 2.24) is 4.31 Å². The Labute approximate surface area is 205 Å². The maximum Gasteiger partial charge on any atom is 0.258 e. The molecule has 1 atom stereocenters. The number of anilines is 2. The van der Waals surface area contributed by atoms with Crippen molar-refractivity contribution in [3.63, 3.8) is 0 Å². The van der Waals surface area contributed by atoms with Crippen LogP contribution in [-0.2, 0) is 14.8 Å². The van der Waals surface area contributed by atoms with Crippen LogP contribution in [0.5, 0.6) is 0 Å². The minimum absolute atomic E-state index is 0.0197.